The number of hydrogen-bond donors (Lipinski definition) is 6. The quantitative estimate of drug-likeness (QED) is 0.0358. The van der Waals surface area contributed by atoms with Crippen molar-refractivity contribution in [3.63, 3.8) is 0 Å². The summed E-state index contributed by atoms with van der Waals surface area (Å²) in [5.74, 6) is 2.48. The number of thiol groups is 6. The second kappa shape index (κ2) is 26.2. The van der Waals surface area contributed by atoms with Crippen LogP contribution in [0.4, 0.5) is 0 Å². The maximum absolute atomic E-state index is 4.80. The summed E-state index contributed by atoms with van der Waals surface area (Å²) >= 11 is 28.4. The minimum atomic E-state index is 0.252. The Labute approximate surface area is 458 Å². The summed E-state index contributed by atoms with van der Waals surface area (Å²) in [7, 11) is 0. The Kier molecular flexibility index (Phi) is 19.6. The molecule has 8 aromatic rings. The molecule has 0 fully saturated rings. The van der Waals surface area contributed by atoms with Gasteiger partial charge in [0.25, 0.3) is 0 Å². The summed E-state index contributed by atoms with van der Waals surface area (Å²) in [6.45, 7) is 4.78. The van der Waals surface area contributed by atoms with Gasteiger partial charge in [0.15, 0.2) is 0 Å². The van der Waals surface area contributed by atoms with Gasteiger partial charge in [-0.15, -0.1) is 75.8 Å². The largest absolute Gasteiger partial charge is 0.143 e. The summed E-state index contributed by atoms with van der Waals surface area (Å²) in [5, 5.41) is 0. The van der Waals surface area contributed by atoms with E-state index in [1.807, 2.05) is 0 Å². The molecule has 364 valence electrons. The minimum Gasteiger partial charge on any atom is -0.143 e. The normalized spacial score (nSPS) is 15.0. The van der Waals surface area contributed by atoms with Crippen LogP contribution < -0.4 is 0 Å². The molecule has 0 aliphatic heterocycles. The molecule has 8 aromatic carbocycles. The lowest BCUT2D eigenvalue weighted by Gasteiger charge is -2.34. The molecule has 0 N–H and O–H groups in total. The van der Waals surface area contributed by atoms with Crippen LogP contribution in [0.1, 0.15) is 151 Å². The zero-order valence-corrected chi connectivity index (χ0v) is 46.2. The number of benzene rings is 8. The van der Waals surface area contributed by atoms with Gasteiger partial charge < -0.3 is 0 Å². The van der Waals surface area contributed by atoms with E-state index in [2.05, 4.69) is 233 Å². The van der Waals surface area contributed by atoms with E-state index < -0.39 is 0 Å². The van der Waals surface area contributed by atoms with E-state index in [1.54, 1.807) is 0 Å². The Balaban J connectivity index is 1.18. The molecule has 0 saturated carbocycles. The summed E-state index contributed by atoms with van der Waals surface area (Å²) < 4.78 is 0. The van der Waals surface area contributed by atoms with Crippen LogP contribution in [0, 0.1) is 0 Å². The Hall–Kier alpha value is -4.14. The van der Waals surface area contributed by atoms with Crippen molar-refractivity contribution in [2.24, 2.45) is 0 Å². The van der Waals surface area contributed by atoms with Crippen molar-refractivity contribution in [2.45, 2.75) is 136 Å². The van der Waals surface area contributed by atoms with Crippen LogP contribution in [0.25, 0.3) is 0 Å². The fourth-order valence-electron chi connectivity index (χ4n) is 11.1. The van der Waals surface area contributed by atoms with Gasteiger partial charge in [-0.05, 0) is 210 Å². The summed E-state index contributed by atoms with van der Waals surface area (Å²) in [6.07, 6.45) is 7.12. The third kappa shape index (κ3) is 15.4. The van der Waals surface area contributed by atoms with Crippen LogP contribution in [-0.2, 0) is 0 Å². The first kappa shape index (κ1) is 53.2. The van der Waals surface area contributed by atoms with Crippen LogP contribution in [0.5, 0.6) is 0 Å². The van der Waals surface area contributed by atoms with Gasteiger partial charge in [0.2, 0.25) is 0 Å². The average molecular weight is 1040 g/mol. The van der Waals surface area contributed by atoms with Crippen molar-refractivity contribution in [1.82, 2.24) is 0 Å². The molecule has 8 unspecified atom stereocenters. The van der Waals surface area contributed by atoms with E-state index in [9.17, 15) is 0 Å². The molecule has 0 aromatic heterocycles. The van der Waals surface area contributed by atoms with Gasteiger partial charge in [0.05, 0.1) is 0 Å². The highest BCUT2D eigenvalue weighted by atomic mass is 32.1. The topological polar surface area (TPSA) is 0 Å². The average Bonchev–Trinajstić information content (AvgIpc) is 3.39. The van der Waals surface area contributed by atoms with Gasteiger partial charge in [-0.1, -0.05) is 147 Å². The Morgan fingerprint density at radius 1 is 0.211 bits per heavy atom. The monoisotopic (exact) mass is 1040 g/mol. The van der Waals surface area contributed by atoms with E-state index in [1.165, 1.54) is 44.5 Å². The van der Waals surface area contributed by atoms with Crippen molar-refractivity contribution >= 4 is 75.8 Å². The summed E-state index contributed by atoms with van der Waals surface area (Å²) in [6, 6.07) is 76.1. The summed E-state index contributed by atoms with van der Waals surface area (Å²) in [5.41, 5.74) is 11.0. The maximum atomic E-state index is 4.80. The molecule has 0 bridgehead atoms. The SMILES string of the molecule is CC(CC(CC(CC(CC(CC(CC(CC(C)c1ccccc1)c1ccc(S)cc1)c1ccc(S)cc1)c1ccc(S)cc1)c1ccc(S)cc1)c1ccccc1)c1ccc(S)cc1)c1ccc(S)cc1. The first-order chi connectivity index (χ1) is 34.4. The molecule has 0 spiro atoms. The Morgan fingerprint density at radius 2 is 0.380 bits per heavy atom. The second-order valence-corrected chi connectivity index (χ2v) is 23.1. The standard InChI is InChI=1S/C65H68S6/c1-44(46-9-5-3-6-10-46)37-54(49-15-27-61(67)28-16-49)40-57(51-19-31-63(69)32-20-51)42-59(53-23-35-65(71)36-24-53)43-58(52-21-33-64(70)34-22-52)41-56(48-11-7-4-8-12-48)39-55(50-17-29-62(68)30-18-50)38-45(2)47-13-25-60(66)26-14-47/h3-36,44-45,54-59,66-71H,37-43H2,1-2H3. The third-order valence-corrected chi connectivity index (χ3v) is 16.8. The highest BCUT2D eigenvalue weighted by Gasteiger charge is 2.31. The molecule has 8 atom stereocenters. The molecule has 0 nitrogen and oxygen atoms in total. The molecule has 0 heterocycles. The van der Waals surface area contributed by atoms with Gasteiger partial charge in [0.1, 0.15) is 0 Å². The van der Waals surface area contributed by atoms with E-state index in [-0.39, 0.29) is 17.8 Å². The highest BCUT2D eigenvalue weighted by Crippen LogP contribution is 2.48. The lowest BCUT2D eigenvalue weighted by molar-refractivity contribution is 0.379. The number of rotatable bonds is 22. The van der Waals surface area contributed by atoms with Crippen molar-refractivity contribution in [1.29, 1.82) is 0 Å². The molecule has 0 aliphatic carbocycles. The van der Waals surface area contributed by atoms with E-state index in [0.29, 0.717) is 29.6 Å². The zero-order chi connectivity index (χ0) is 49.7. The van der Waals surface area contributed by atoms with Gasteiger partial charge in [-0.2, -0.15) is 0 Å². The fraction of sp³-hybridized carbons (Fsp3) is 0.262. The van der Waals surface area contributed by atoms with Crippen LogP contribution in [0.2, 0.25) is 0 Å². The molecule has 6 heteroatoms. The molecular weight excluding hydrogens is 973 g/mol. The van der Waals surface area contributed by atoms with Crippen molar-refractivity contribution in [2.75, 3.05) is 0 Å². The maximum Gasteiger partial charge on any atom is 0.00401 e. The van der Waals surface area contributed by atoms with Crippen molar-refractivity contribution in [3.8, 4) is 0 Å². The van der Waals surface area contributed by atoms with E-state index in [0.717, 1.165) is 74.3 Å². The molecule has 71 heavy (non-hydrogen) atoms. The molecule has 0 saturated heterocycles. The first-order valence-electron chi connectivity index (χ1n) is 25.3. The zero-order valence-electron chi connectivity index (χ0n) is 40.9. The first-order valence-corrected chi connectivity index (χ1v) is 28.0. The smallest absolute Gasteiger partial charge is 0.00401 e. The van der Waals surface area contributed by atoms with Gasteiger partial charge in [0, 0.05) is 29.4 Å². The van der Waals surface area contributed by atoms with E-state index in [4.69, 9.17) is 63.1 Å². The van der Waals surface area contributed by atoms with Crippen LogP contribution in [-0.4, -0.2) is 0 Å². The molecule has 0 radical (unpaired) electrons. The van der Waals surface area contributed by atoms with Crippen molar-refractivity contribution < 1.29 is 0 Å². The molecular formula is C65H68S6. The fourth-order valence-corrected chi connectivity index (χ4v) is 12.0. The van der Waals surface area contributed by atoms with Crippen LogP contribution in [0.15, 0.2) is 236 Å². The van der Waals surface area contributed by atoms with Crippen LogP contribution in [0.3, 0.4) is 0 Å². The van der Waals surface area contributed by atoms with E-state index >= 15 is 0 Å². The van der Waals surface area contributed by atoms with Gasteiger partial charge in [-0.3, -0.25) is 0 Å². The van der Waals surface area contributed by atoms with Crippen molar-refractivity contribution in [3.05, 3.63) is 251 Å². The van der Waals surface area contributed by atoms with Crippen LogP contribution >= 0.6 is 75.8 Å². The van der Waals surface area contributed by atoms with Gasteiger partial charge >= 0.3 is 0 Å². The Bertz CT molecular complexity index is 2810. The molecule has 8 rings (SSSR count). The second-order valence-electron chi connectivity index (χ2n) is 20.0. The lowest BCUT2D eigenvalue weighted by Crippen LogP contribution is -2.17. The highest BCUT2D eigenvalue weighted by molar-refractivity contribution is 7.81. The lowest BCUT2D eigenvalue weighted by atomic mass is 9.71. The third-order valence-electron chi connectivity index (χ3n) is 15.0. The molecule has 0 amide bonds. The molecule has 0 aliphatic rings. The minimum absolute atomic E-state index is 0.252. The summed E-state index contributed by atoms with van der Waals surface area (Å²) in [4.78, 5) is 5.91. The number of hydrogen-bond acceptors (Lipinski definition) is 6. The predicted octanol–water partition coefficient (Wildman–Crippen LogP) is 19.8. The predicted molar refractivity (Wildman–Crippen MR) is 321 cm³/mol. The van der Waals surface area contributed by atoms with Gasteiger partial charge in [-0.25, -0.2) is 0 Å². The Morgan fingerprint density at radius 3 is 0.620 bits per heavy atom.